The first-order valence-corrected chi connectivity index (χ1v) is 7.31. The summed E-state index contributed by atoms with van der Waals surface area (Å²) >= 11 is 7.86. The van der Waals surface area contributed by atoms with Gasteiger partial charge in [-0.2, -0.15) is 0 Å². The average molecular weight is 296 g/mol. The zero-order valence-electron chi connectivity index (χ0n) is 10.5. The minimum atomic E-state index is -0.234. The fourth-order valence-corrected chi connectivity index (χ4v) is 3.40. The molecule has 0 saturated heterocycles. The van der Waals surface area contributed by atoms with Gasteiger partial charge >= 0.3 is 0 Å². The summed E-state index contributed by atoms with van der Waals surface area (Å²) in [7, 11) is 0. The molecular formula is C14H14ClNO2S. The third-order valence-electron chi connectivity index (χ3n) is 3.13. The predicted octanol–water partition coefficient (Wildman–Crippen LogP) is 3.53. The number of ether oxygens (including phenoxy) is 2. The molecule has 2 aromatic rings. The van der Waals surface area contributed by atoms with E-state index in [0.29, 0.717) is 13.2 Å². The quantitative estimate of drug-likeness (QED) is 0.922. The van der Waals surface area contributed by atoms with Crippen LogP contribution in [0.25, 0.3) is 0 Å². The lowest BCUT2D eigenvalue weighted by atomic mass is 10.0. The molecule has 100 valence electrons. The minimum Gasteiger partial charge on any atom is -0.486 e. The lowest BCUT2D eigenvalue weighted by molar-refractivity contribution is 0.171. The van der Waals surface area contributed by atoms with E-state index in [4.69, 9.17) is 26.8 Å². The maximum atomic E-state index is 6.29. The Balaban J connectivity index is 1.95. The molecule has 0 saturated carbocycles. The van der Waals surface area contributed by atoms with Gasteiger partial charge in [0.1, 0.15) is 13.2 Å². The van der Waals surface area contributed by atoms with Gasteiger partial charge in [-0.15, -0.1) is 11.3 Å². The largest absolute Gasteiger partial charge is 0.486 e. The van der Waals surface area contributed by atoms with Crippen LogP contribution in [-0.4, -0.2) is 13.2 Å². The molecule has 0 fully saturated rings. The summed E-state index contributed by atoms with van der Waals surface area (Å²) in [6.45, 7) is 3.15. The van der Waals surface area contributed by atoms with E-state index in [1.54, 1.807) is 11.3 Å². The lowest BCUT2D eigenvalue weighted by Crippen LogP contribution is -2.17. The fraction of sp³-hybridized carbons (Fsp3) is 0.286. The Morgan fingerprint density at radius 3 is 2.68 bits per heavy atom. The summed E-state index contributed by atoms with van der Waals surface area (Å²) in [5.74, 6) is 1.53. The van der Waals surface area contributed by atoms with Gasteiger partial charge in [0, 0.05) is 4.88 Å². The second-order valence-electron chi connectivity index (χ2n) is 4.48. The van der Waals surface area contributed by atoms with Crippen LogP contribution in [0.3, 0.4) is 0 Å². The summed E-state index contributed by atoms with van der Waals surface area (Å²) < 4.78 is 11.1. The first-order chi connectivity index (χ1) is 9.16. The van der Waals surface area contributed by atoms with Gasteiger partial charge in [-0.25, -0.2) is 0 Å². The SMILES string of the molecule is Cc1csc(C(N)c2ccc3c(c2)OCCO3)c1Cl. The molecule has 2 N–H and O–H groups in total. The van der Waals surface area contributed by atoms with Crippen LogP contribution < -0.4 is 15.2 Å². The van der Waals surface area contributed by atoms with E-state index in [1.807, 2.05) is 30.5 Å². The van der Waals surface area contributed by atoms with E-state index in [2.05, 4.69) is 0 Å². The fourth-order valence-electron chi connectivity index (χ4n) is 2.06. The van der Waals surface area contributed by atoms with E-state index in [1.165, 1.54) is 0 Å². The number of halogens is 1. The predicted molar refractivity (Wildman–Crippen MR) is 77.5 cm³/mol. The molecule has 19 heavy (non-hydrogen) atoms. The molecule has 0 aliphatic carbocycles. The van der Waals surface area contributed by atoms with Crippen molar-refractivity contribution in [3.8, 4) is 11.5 Å². The second kappa shape index (κ2) is 5.04. The molecule has 0 amide bonds. The zero-order chi connectivity index (χ0) is 13.4. The Labute approximate surface area is 120 Å². The van der Waals surface area contributed by atoms with Crippen molar-refractivity contribution in [1.82, 2.24) is 0 Å². The van der Waals surface area contributed by atoms with E-state index >= 15 is 0 Å². The second-order valence-corrected chi connectivity index (χ2v) is 5.77. The molecule has 5 heteroatoms. The molecule has 2 heterocycles. The number of nitrogens with two attached hydrogens (primary N) is 1. The highest BCUT2D eigenvalue weighted by Gasteiger charge is 2.19. The standard InChI is InChI=1S/C14H14ClNO2S/c1-8-7-19-14(12(8)15)13(16)9-2-3-10-11(6-9)18-5-4-17-10/h2-3,6-7,13H,4-5,16H2,1H3. The van der Waals surface area contributed by atoms with Crippen molar-refractivity contribution in [3.63, 3.8) is 0 Å². The Kier molecular flexibility index (Phi) is 3.39. The Morgan fingerprint density at radius 2 is 2.00 bits per heavy atom. The van der Waals surface area contributed by atoms with Crippen LogP contribution in [0.2, 0.25) is 5.02 Å². The molecule has 0 spiro atoms. The van der Waals surface area contributed by atoms with Crippen LogP contribution >= 0.6 is 22.9 Å². The first-order valence-electron chi connectivity index (χ1n) is 6.05. The van der Waals surface area contributed by atoms with E-state index in [0.717, 1.165) is 32.5 Å². The van der Waals surface area contributed by atoms with Gasteiger partial charge < -0.3 is 15.2 Å². The summed E-state index contributed by atoms with van der Waals surface area (Å²) in [6, 6.07) is 5.56. The normalized spacial score (nSPS) is 15.3. The smallest absolute Gasteiger partial charge is 0.161 e. The number of rotatable bonds is 2. The third-order valence-corrected chi connectivity index (χ3v) is 4.93. The van der Waals surface area contributed by atoms with Crippen LogP contribution in [0, 0.1) is 6.92 Å². The van der Waals surface area contributed by atoms with Crippen LogP contribution in [0.5, 0.6) is 11.5 Å². The van der Waals surface area contributed by atoms with Gasteiger partial charge in [-0.1, -0.05) is 17.7 Å². The molecule has 3 rings (SSSR count). The Morgan fingerprint density at radius 1 is 1.26 bits per heavy atom. The Bertz CT molecular complexity index is 611. The summed E-state index contributed by atoms with van der Waals surface area (Å²) in [6.07, 6.45) is 0. The summed E-state index contributed by atoms with van der Waals surface area (Å²) in [5, 5.41) is 2.78. The van der Waals surface area contributed by atoms with Crippen LogP contribution in [0.4, 0.5) is 0 Å². The highest BCUT2D eigenvalue weighted by Crippen LogP contribution is 2.38. The number of aryl methyl sites for hydroxylation is 1. The van der Waals surface area contributed by atoms with Crippen molar-refractivity contribution >= 4 is 22.9 Å². The van der Waals surface area contributed by atoms with Gasteiger partial charge in [0.15, 0.2) is 11.5 Å². The minimum absolute atomic E-state index is 0.234. The number of hydrogen-bond acceptors (Lipinski definition) is 4. The molecule has 1 unspecified atom stereocenters. The maximum absolute atomic E-state index is 6.29. The van der Waals surface area contributed by atoms with Crippen LogP contribution in [0.1, 0.15) is 22.0 Å². The van der Waals surface area contributed by atoms with E-state index < -0.39 is 0 Å². The maximum Gasteiger partial charge on any atom is 0.161 e. The molecule has 1 aromatic heterocycles. The summed E-state index contributed by atoms with van der Waals surface area (Å²) in [5.41, 5.74) is 8.34. The van der Waals surface area contributed by atoms with Gasteiger partial charge in [-0.3, -0.25) is 0 Å². The van der Waals surface area contributed by atoms with Crippen molar-refractivity contribution in [3.05, 3.63) is 44.6 Å². The van der Waals surface area contributed by atoms with E-state index in [-0.39, 0.29) is 6.04 Å². The molecular weight excluding hydrogens is 282 g/mol. The van der Waals surface area contributed by atoms with Crippen molar-refractivity contribution in [1.29, 1.82) is 0 Å². The topological polar surface area (TPSA) is 44.5 Å². The van der Waals surface area contributed by atoms with Crippen molar-refractivity contribution in [2.24, 2.45) is 5.73 Å². The van der Waals surface area contributed by atoms with Crippen molar-refractivity contribution in [2.75, 3.05) is 13.2 Å². The molecule has 3 nitrogen and oxygen atoms in total. The van der Waals surface area contributed by atoms with Crippen LogP contribution in [0.15, 0.2) is 23.6 Å². The van der Waals surface area contributed by atoms with Gasteiger partial charge in [-0.05, 0) is 35.6 Å². The van der Waals surface area contributed by atoms with Crippen molar-refractivity contribution < 1.29 is 9.47 Å². The number of fused-ring (bicyclic) bond motifs is 1. The molecule has 0 radical (unpaired) electrons. The molecule has 0 bridgehead atoms. The van der Waals surface area contributed by atoms with Crippen LogP contribution in [-0.2, 0) is 0 Å². The van der Waals surface area contributed by atoms with Crippen molar-refractivity contribution in [2.45, 2.75) is 13.0 Å². The van der Waals surface area contributed by atoms with Gasteiger partial charge in [0.2, 0.25) is 0 Å². The van der Waals surface area contributed by atoms with Gasteiger partial charge in [0.05, 0.1) is 11.1 Å². The molecule has 1 aliphatic rings. The molecule has 1 atom stereocenters. The highest BCUT2D eigenvalue weighted by atomic mass is 35.5. The Hall–Kier alpha value is -1.23. The van der Waals surface area contributed by atoms with E-state index in [9.17, 15) is 0 Å². The first kappa shape index (κ1) is 12.8. The average Bonchev–Trinajstić information content (AvgIpc) is 2.78. The number of hydrogen-bond donors (Lipinski definition) is 1. The number of benzene rings is 1. The zero-order valence-corrected chi connectivity index (χ0v) is 12.1. The van der Waals surface area contributed by atoms with Gasteiger partial charge in [0.25, 0.3) is 0 Å². The highest BCUT2D eigenvalue weighted by molar-refractivity contribution is 7.10. The summed E-state index contributed by atoms with van der Waals surface area (Å²) in [4.78, 5) is 0.982. The molecule has 1 aliphatic heterocycles. The number of thiophene rings is 1. The lowest BCUT2D eigenvalue weighted by Gasteiger charge is -2.20. The molecule has 1 aromatic carbocycles. The third kappa shape index (κ3) is 2.31. The monoisotopic (exact) mass is 295 g/mol.